The van der Waals surface area contributed by atoms with Gasteiger partial charge in [-0.15, -0.1) is 0 Å². The Labute approximate surface area is 180 Å². The molecule has 3 atom stereocenters. The molecule has 156 valence electrons. The Bertz CT molecular complexity index is 880. The van der Waals surface area contributed by atoms with E-state index in [1.54, 1.807) is 4.90 Å². The van der Waals surface area contributed by atoms with Crippen molar-refractivity contribution in [1.82, 2.24) is 0 Å². The molecule has 0 aromatic heterocycles. The number of rotatable bonds is 8. The smallest absolute Gasteiger partial charge is 0.119 e. The third-order valence-electron chi connectivity index (χ3n) is 6.27. The number of quaternary nitrogens is 2. The highest BCUT2D eigenvalue weighted by molar-refractivity contribution is 5.30. The fraction of sp³-hybridized carbons (Fsp3) is 0.333. The van der Waals surface area contributed by atoms with Crippen LogP contribution in [-0.2, 0) is 13.1 Å². The van der Waals surface area contributed by atoms with Crippen molar-refractivity contribution in [2.24, 2.45) is 0 Å². The average molecular weight is 403 g/mol. The molecule has 1 heterocycles. The predicted octanol–water partition coefficient (Wildman–Crippen LogP) is 2.79. The molecule has 0 amide bonds. The normalized spacial score (nSPS) is 21.3. The molecular weight excluding hydrogens is 368 g/mol. The minimum atomic E-state index is 0.553. The maximum Gasteiger partial charge on any atom is 0.119 e. The first-order valence-electron chi connectivity index (χ1n) is 11.3. The molecule has 1 aliphatic heterocycles. The molecule has 1 unspecified atom stereocenters. The molecule has 1 aliphatic rings. The van der Waals surface area contributed by atoms with Gasteiger partial charge in [-0.05, 0) is 24.6 Å². The van der Waals surface area contributed by atoms with Gasteiger partial charge >= 0.3 is 0 Å². The van der Waals surface area contributed by atoms with Crippen molar-refractivity contribution in [1.29, 1.82) is 0 Å². The van der Waals surface area contributed by atoms with E-state index in [1.807, 2.05) is 6.92 Å². The number of nitrogens with two attached hydrogens (primary N) is 1. The topological polar surface area (TPSA) is 30.3 Å². The number of benzene rings is 3. The summed E-state index contributed by atoms with van der Waals surface area (Å²) in [5, 5.41) is 2.57. The molecular formula is C27H34N2O+2. The second-order valence-electron chi connectivity index (χ2n) is 8.35. The highest BCUT2D eigenvalue weighted by atomic mass is 16.5. The van der Waals surface area contributed by atoms with Crippen LogP contribution in [0, 0.1) is 0 Å². The van der Waals surface area contributed by atoms with E-state index in [0.717, 1.165) is 18.8 Å². The van der Waals surface area contributed by atoms with Crippen molar-refractivity contribution in [3.63, 3.8) is 0 Å². The van der Waals surface area contributed by atoms with Crippen LogP contribution in [0.1, 0.15) is 36.0 Å². The molecule has 30 heavy (non-hydrogen) atoms. The highest BCUT2D eigenvalue weighted by Gasteiger charge is 2.35. The van der Waals surface area contributed by atoms with Crippen LogP contribution in [0.4, 0.5) is 0 Å². The van der Waals surface area contributed by atoms with Gasteiger partial charge < -0.3 is 15.0 Å². The second kappa shape index (κ2) is 10.4. The average Bonchev–Trinajstić information content (AvgIpc) is 2.80. The van der Waals surface area contributed by atoms with E-state index >= 15 is 0 Å². The number of nitrogens with one attached hydrogen (secondary N) is 1. The molecule has 0 bridgehead atoms. The van der Waals surface area contributed by atoms with E-state index in [9.17, 15) is 0 Å². The first kappa shape index (κ1) is 20.6. The van der Waals surface area contributed by atoms with E-state index in [0.29, 0.717) is 18.6 Å². The summed E-state index contributed by atoms with van der Waals surface area (Å²) in [5.41, 5.74) is 4.28. The molecule has 3 N–H and O–H groups in total. The van der Waals surface area contributed by atoms with Crippen LogP contribution in [0.15, 0.2) is 84.9 Å². The number of ether oxygens (including phenoxy) is 1. The third kappa shape index (κ3) is 5.50. The van der Waals surface area contributed by atoms with Crippen molar-refractivity contribution in [2.75, 3.05) is 19.7 Å². The van der Waals surface area contributed by atoms with Crippen LogP contribution in [0.2, 0.25) is 0 Å². The minimum absolute atomic E-state index is 0.553. The lowest BCUT2D eigenvalue weighted by atomic mass is 9.85. The number of piperidine rings is 1. The van der Waals surface area contributed by atoms with Gasteiger partial charge in [-0.25, -0.2) is 0 Å². The molecule has 0 spiro atoms. The Hall–Kier alpha value is -2.62. The number of hydrogen-bond donors (Lipinski definition) is 2. The Morgan fingerprint density at radius 2 is 1.53 bits per heavy atom. The van der Waals surface area contributed by atoms with E-state index in [4.69, 9.17) is 4.74 Å². The molecule has 1 saturated heterocycles. The number of likely N-dealkylation sites (tertiary alicyclic amines) is 1. The maximum absolute atomic E-state index is 5.67. The zero-order chi connectivity index (χ0) is 20.6. The molecule has 4 rings (SSSR count). The Kier molecular flexibility index (Phi) is 7.17. The lowest BCUT2D eigenvalue weighted by Crippen LogP contribution is -3.14. The summed E-state index contributed by atoms with van der Waals surface area (Å²) >= 11 is 0. The van der Waals surface area contributed by atoms with Gasteiger partial charge in [0.15, 0.2) is 0 Å². The molecule has 0 saturated carbocycles. The van der Waals surface area contributed by atoms with Gasteiger partial charge in [-0.2, -0.15) is 0 Å². The molecule has 1 fully saturated rings. The summed E-state index contributed by atoms with van der Waals surface area (Å²) < 4.78 is 5.67. The zero-order valence-corrected chi connectivity index (χ0v) is 18.0. The quantitative estimate of drug-likeness (QED) is 0.596. The Morgan fingerprint density at radius 3 is 2.20 bits per heavy atom. The van der Waals surface area contributed by atoms with Crippen molar-refractivity contribution >= 4 is 0 Å². The fourth-order valence-corrected chi connectivity index (χ4v) is 4.71. The predicted molar refractivity (Wildman–Crippen MR) is 122 cm³/mol. The Morgan fingerprint density at radius 1 is 0.867 bits per heavy atom. The lowest BCUT2D eigenvalue weighted by molar-refractivity contribution is -0.928. The summed E-state index contributed by atoms with van der Waals surface area (Å²) in [6.45, 7) is 7.32. The van der Waals surface area contributed by atoms with E-state index in [1.165, 1.54) is 36.2 Å². The number of hydrogen-bond acceptors (Lipinski definition) is 1. The van der Waals surface area contributed by atoms with Gasteiger partial charge in [0.1, 0.15) is 24.9 Å². The minimum Gasteiger partial charge on any atom is -0.494 e. The van der Waals surface area contributed by atoms with Crippen LogP contribution >= 0.6 is 0 Å². The monoisotopic (exact) mass is 402 g/mol. The van der Waals surface area contributed by atoms with Gasteiger partial charge in [0.05, 0.1) is 25.6 Å². The summed E-state index contributed by atoms with van der Waals surface area (Å²) in [6.07, 6.45) is 1.24. The lowest BCUT2D eigenvalue weighted by Gasteiger charge is -2.35. The Balaban J connectivity index is 1.48. The van der Waals surface area contributed by atoms with Gasteiger partial charge in [-0.3, -0.25) is 0 Å². The zero-order valence-electron chi connectivity index (χ0n) is 18.0. The molecule has 0 radical (unpaired) electrons. The highest BCUT2D eigenvalue weighted by Crippen LogP contribution is 2.23. The van der Waals surface area contributed by atoms with Crippen molar-refractivity contribution < 1.29 is 15.0 Å². The first-order chi connectivity index (χ1) is 14.8. The van der Waals surface area contributed by atoms with Gasteiger partial charge in [0, 0.05) is 17.5 Å². The maximum atomic E-state index is 5.67. The largest absolute Gasteiger partial charge is 0.494 e. The molecule has 3 aromatic rings. The van der Waals surface area contributed by atoms with Crippen LogP contribution in [0.3, 0.4) is 0 Å². The second-order valence-corrected chi connectivity index (χ2v) is 8.35. The van der Waals surface area contributed by atoms with Crippen molar-refractivity contribution in [3.8, 4) is 5.75 Å². The molecule has 3 aromatic carbocycles. The summed E-state index contributed by atoms with van der Waals surface area (Å²) in [5.74, 6) is 1.52. The standard InChI is InChI=1S/C27H32N2O/c1-2-30-25-15-13-24(14-16-25)26-21-29(20-23-11-7-4-8-12-23)18-17-27(26)28-19-22-9-5-3-6-10-22/h3-16,26-28H,2,17-21H2,1H3/p+2/t26-,27+/m1/s1. The van der Waals surface area contributed by atoms with E-state index in [2.05, 4.69) is 90.2 Å². The van der Waals surface area contributed by atoms with Crippen LogP contribution in [0.25, 0.3) is 0 Å². The summed E-state index contributed by atoms with van der Waals surface area (Å²) in [4.78, 5) is 1.68. The third-order valence-corrected chi connectivity index (χ3v) is 6.27. The molecule has 3 heteroatoms. The summed E-state index contributed by atoms with van der Waals surface area (Å²) in [7, 11) is 0. The van der Waals surface area contributed by atoms with Gasteiger partial charge in [0.25, 0.3) is 0 Å². The van der Waals surface area contributed by atoms with E-state index < -0.39 is 0 Å². The van der Waals surface area contributed by atoms with E-state index in [-0.39, 0.29) is 0 Å². The first-order valence-corrected chi connectivity index (χ1v) is 11.3. The van der Waals surface area contributed by atoms with Gasteiger partial charge in [0.2, 0.25) is 0 Å². The fourth-order valence-electron chi connectivity index (χ4n) is 4.71. The molecule has 0 aliphatic carbocycles. The van der Waals surface area contributed by atoms with Crippen molar-refractivity contribution in [2.45, 2.75) is 38.4 Å². The van der Waals surface area contributed by atoms with Crippen LogP contribution < -0.4 is 15.0 Å². The molecule has 3 nitrogen and oxygen atoms in total. The van der Waals surface area contributed by atoms with Crippen molar-refractivity contribution in [3.05, 3.63) is 102 Å². The van der Waals surface area contributed by atoms with Gasteiger partial charge in [-0.1, -0.05) is 72.8 Å². The van der Waals surface area contributed by atoms with Crippen LogP contribution in [0.5, 0.6) is 5.75 Å². The van der Waals surface area contributed by atoms with Crippen LogP contribution in [-0.4, -0.2) is 25.7 Å². The summed E-state index contributed by atoms with van der Waals surface area (Å²) in [6, 6.07) is 31.2. The SMILES string of the molecule is CCOc1ccc([C@H]2C[NH+](Cc3ccccc3)CC[C@@H]2[NH2+]Cc2ccccc2)cc1.